The highest BCUT2D eigenvalue weighted by Gasteiger charge is 2.29. The van der Waals surface area contributed by atoms with Crippen molar-refractivity contribution >= 4 is 21.8 Å². The maximum Gasteiger partial charge on any atom is 0.254 e. The van der Waals surface area contributed by atoms with Crippen molar-refractivity contribution in [1.82, 2.24) is 4.90 Å². The van der Waals surface area contributed by atoms with Gasteiger partial charge >= 0.3 is 0 Å². The quantitative estimate of drug-likeness (QED) is 0.801. The fraction of sp³-hybridized carbons (Fsp3) is 0.588. The highest BCUT2D eigenvalue weighted by molar-refractivity contribution is 9.10. The Balaban J connectivity index is 2.28. The molecule has 0 heterocycles. The molecule has 1 saturated carbocycles. The molecule has 1 amide bonds. The summed E-state index contributed by atoms with van der Waals surface area (Å²) in [6.45, 7) is 2.23. The Hall–Kier alpha value is -1.23. The third-order valence-electron chi connectivity index (χ3n) is 4.58. The molecule has 0 aliphatic heterocycles. The van der Waals surface area contributed by atoms with Crippen molar-refractivity contribution in [1.29, 1.82) is 0 Å². The van der Waals surface area contributed by atoms with E-state index in [2.05, 4.69) is 22.9 Å². The summed E-state index contributed by atoms with van der Waals surface area (Å²) in [5, 5.41) is 0. The topological polar surface area (TPSA) is 38.8 Å². The molecule has 1 aromatic rings. The lowest BCUT2D eigenvalue weighted by atomic mass is 9.85. The standard InChI is InChI=1S/C17H24BrNO3/c1-11-7-5-6-8-13(11)19(2)17(20)12-9-14(21-3)16(18)15(10-12)22-4/h9-11,13H,5-8H2,1-4H3/t11-,13+/m0/s1. The minimum atomic E-state index is 0.0165. The molecule has 22 heavy (non-hydrogen) atoms. The Morgan fingerprint density at radius 1 is 1.18 bits per heavy atom. The Morgan fingerprint density at radius 3 is 2.23 bits per heavy atom. The van der Waals surface area contributed by atoms with Gasteiger partial charge in [0.05, 0.1) is 14.2 Å². The maximum absolute atomic E-state index is 12.8. The first-order valence-corrected chi connectivity index (χ1v) is 8.47. The molecule has 4 nitrogen and oxygen atoms in total. The van der Waals surface area contributed by atoms with Gasteiger partial charge in [0.1, 0.15) is 16.0 Å². The van der Waals surface area contributed by atoms with Crippen LogP contribution in [0.3, 0.4) is 0 Å². The van der Waals surface area contributed by atoms with Gasteiger partial charge in [0, 0.05) is 18.7 Å². The van der Waals surface area contributed by atoms with Crippen LogP contribution >= 0.6 is 15.9 Å². The number of nitrogens with zero attached hydrogens (tertiary/aromatic N) is 1. The number of benzene rings is 1. The van der Waals surface area contributed by atoms with E-state index in [-0.39, 0.29) is 5.91 Å². The van der Waals surface area contributed by atoms with Crippen LogP contribution in [0.1, 0.15) is 43.0 Å². The summed E-state index contributed by atoms with van der Waals surface area (Å²) >= 11 is 3.43. The third kappa shape index (κ3) is 3.40. The number of carbonyl (C=O) groups excluding carboxylic acids is 1. The van der Waals surface area contributed by atoms with Gasteiger partial charge in [0.2, 0.25) is 0 Å². The molecule has 0 aromatic heterocycles. The average Bonchev–Trinajstić information content (AvgIpc) is 2.54. The highest BCUT2D eigenvalue weighted by atomic mass is 79.9. The van der Waals surface area contributed by atoms with E-state index in [1.165, 1.54) is 19.3 Å². The second-order valence-electron chi connectivity index (χ2n) is 5.94. The SMILES string of the molecule is COc1cc(C(=O)N(C)[C@@H]2CCCC[C@@H]2C)cc(OC)c1Br. The average molecular weight is 370 g/mol. The lowest BCUT2D eigenvalue weighted by Crippen LogP contribution is -2.42. The molecule has 0 bridgehead atoms. The Kier molecular flexibility index (Phi) is 5.73. The number of methoxy groups -OCH3 is 2. The molecule has 2 rings (SSSR count). The van der Waals surface area contributed by atoms with Crippen molar-refractivity contribution in [3.63, 3.8) is 0 Å². The normalized spacial score (nSPS) is 21.3. The monoisotopic (exact) mass is 369 g/mol. The van der Waals surface area contributed by atoms with Gasteiger partial charge in [-0.25, -0.2) is 0 Å². The predicted octanol–water partition coefficient (Wildman–Crippen LogP) is 4.12. The van der Waals surface area contributed by atoms with Crippen LogP contribution in [0.25, 0.3) is 0 Å². The van der Waals surface area contributed by atoms with E-state index in [1.54, 1.807) is 26.4 Å². The number of halogens is 1. The molecule has 1 aliphatic carbocycles. The zero-order valence-electron chi connectivity index (χ0n) is 13.7. The van der Waals surface area contributed by atoms with Gasteiger partial charge in [0.25, 0.3) is 5.91 Å². The molecular weight excluding hydrogens is 346 g/mol. The molecule has 0 saturated heterocycles. The molecule has 2 atom stereocenters. The van der Waals surface area contributed by atoms with Gasteiger partial charge in [0.15, 0.2) is 0 Å². The molecular formula is C17H24BrNO3. The van der Waals surface area contributed by atoms with Crippen molar-refractivity contribution in [3.8, 4) is 11.5 Å². The fourth-order valence-electron chi connectivity index (χ4n) is 3.22. The van der Waals surface area contributed by atoms with Crippen LogP contribution in [0.15, 0.2) is 16.6 Å². The van der Waals surface area contributed by atoms with Crippen LogP contribution in [0.2, 0.25) is 0 Å². The first-order chi connectivity index (χ1) is 10.5. The molecule has 0 spiro atoms. The number of hydrogen-bond donors (Lipinski definition) is 0. The number of amides is 1. The Bertz CT molecular complexity index is 522. The molecule has 0 N–H and O–H groups in total. The number of hydrogen-bond acceptors (Lipinski definition) is 3. The van der Waals surface area contributed by atoms with Crippen molar-refractivity contribution in [2.45, 2.75) is 38.6 Å². The van der Waals surface area contributed by atoms with E-state index in [9.17, 15) is 4.79 Å². The minimum Gasteiger partial charge on any atom is -0.495 e. The van der Waals surface area contributed by atoms with E-state index in [0.29, 0.717) is 29.0 Å². The summed E-state index contributed by atoms with van der Waals surface area (Å²) in [5.41, 5.74) is 0.595. The zero-order chi connectivity index (χ0) is 16.3. The van der Waals surface area contributed by atoms with Crippen molar-refractivity contribution in [2.75, 3.05) is 21.3 Å². The first-order valence-electron chi connectivity index (χ1n) is 7.68. The van der Waals surface area contributed by atoms with Crippen LogP contribution in [0, 0.1) is 5.92 Å². The summed E-state index contributed by atoms with van der Waals surface area (Å²) in [6, 6.07) is 3.83. The summed E-state index contributed by atoms with van der Waals surface area (Å²) in [5.74, 6) is 1.77. The van der Waals surface area contributed by atoms with E-state index >= 15 is 0 Å². The number of rotatable bonds is 4. The maximum atomic E-state index is 12.8. The first kappa shape index (κ1) is 17.1. The van der Waals surface area contributed by atoms with Crippen LogP contribution in [0.4, 0.5) is 0 Å². The van der Waals surface area contributed by atoms with E-state index in [4.69, 9.17) is 9.47 Å². The molecule has 0 unspecified atom stereocenters. The van der Waals surface area contributed by atoms with Crippen molar-refractivity contribution < 1.29 is 14.3 Å². The largest absolute Gasteiger partial charge is 0.495 e. The molecule has 1 aliphatic rings. The second kappa shape index (κ2) is 7.36. The van der Waals surface area contributed by atoms with Crippen LogP contribution < -0.4 is 9.47 Å². The molecule has 1 aromatic carbocycles. The van der Waals surface area contributed by atoms with Gasteiger partial charge < -0.3 is 14.4 Å². The lowest BCUT2D eigenvalue weighted by Gasteiger charge is -2.36. The smallest absolute Gasteiger partial charge is 0.254 e. The minimum absolute atomic E-state index is 0.0165. The fourth-order valence-corrected chi connectivity index (χ4v) is 3.77. The van der Waals surface area contributed by atoms with E-state index in [1.807, 2.05) is 11.9 Å². The van der Waals surface area contributed by atoms with Crippen molar-refractivity contribution in [2.24, 2.45) is 5.92 Å². The number of ether oxygens (including phenoxy) is 2. The summed E-state index contributed by atoms with van der Waals surface area (Å²) in [6.07, 6.45) is 4.72. The third-order valence-corrected chi connectivity index (χ3v) is 5.36. The van der Waals surface area contributed by atoms with Gasteiger partial charge in [-0.1, -0.05) is 19.8 Å². The second-order valence-corrected chi connectivity index (χ2v) is 6.73. The van der Waals surface area contributed by atoms with E-state index in [0.717, 1.165) is 10.9 Å². The number of carbonyl (C=O) groups is 1. The Labute approximate surface area is 140 Å². The van der Waals surface area contributed by atoms with Gasteiger partial charge in [-0.05, 0) is 46.8 Å². The molecule has 122 valence electrons. The molecule has 0 radical (unpaired) electrons. The molecule has 1 fully saturated rings. The van der Waals surface area contributed by atoms with Crippen LogP contribution in [0.5, 0.6) is 11.5 Å². The van der Waals surface area contributed by atoms with Gasteiger partial charge in [-0.3, -0.25) is 4.79 Å². The van der Waals surface area contributed by atoms with Crippen LogP contribution in [-0.2, 0) is 0 Å². The van der Waals surface area contributed by atoms with Gasteiger partial charge in [-0.15, -0.1) is 0 Å². The summed E-state index contributed by atoms with van der Waals surface area (Å²) < 4.78 is 11.4. The highest BCUT2D eigenvalue weighted by Crippen LogP contribution is 2.36. The van der Waals surface area contributed by atoms with E-state index < -0.39 is 0 Å². The summed E-state index contributed by atoms with van der Waals surface area (Å²) in [4.78, 5) is 14.7. The predicted molar refractivity (Wildman–Crippen MR) is 90.8 cm³/mol. The van der Waals surface area contributed by atoms with Crippen LogP contribution in [-0.4, -0.2) is 38.1 Å². The summed E-state index contributed by atoms with van der Waals surface area (Å²) in [7, 11) is 5.07. The Morgan fingerprint density at radius 2 is 1.73 bits per heavy atom. The van der Waals surface area contributed by atoms with Gasteiger partial charge in [-0.2, -0.15) is 0 Å². The zero-order valence-corrected chi connectivity index (χ0v) is 15.3. The molecule has 5 heteroatoms. The lowest BCUT2D eigenvalue weighted by molar-refractivity contribution is 0.0628. The van der Waals surface area contributed by atoms with Crippen molar-refractivity contribution in [3.05, 3.63) is 22.2 Å².